The Bertz CT molecular complexity index is 640. The van der Waals surface area contributed by atoms with Crippen molar-refractivity contribution in [3.05, 3.63) is 34.9 Å². The molecule has 1 atom stereocenters. The third-order valence-corrected chi connectivity index (χ3v) is 4.27. The topological polar surface area (TPSA) is 46.6 Å². The minimum Gasteiger partial charge on any atom is -0.469 e. The van der Waals surface area contributed by atoms with Crippen LogP contribution in [0.25, 0.3) is 0 Å². The van der Waals surface area contributed by atoms with Gasteiger partial charge in [0.05, 0.1) is 13.5 Å². The molecule has 0 aliphatic carbocycles. The van der Waals surface area contributed by atoms with Gasteiger partial charge in [-0.25, -0.2) is 0 Å². The molecule has 2 rings (SSSR count). The van der Waals surface area contributed by atoms with Crippen molar-refractivity contribution in [3.8, 4) is 11.8 Å². The number of ether oxygens (including phenoxy) is 1. The molecule has 1 aliphatic rings. The van der Waals surface area contributed by atoms with Crippen LogP contribution < -0.4 is 0 Å². The summed E-state index contributed by atoms with van der Waals surface area (Å²) < 4.78 is 4.61. The molecule has 1 heterocycles. The molecule has 4 heteroatoms. The maximum absolute atomic E-state index is 11.3. The normalized spacial score (nSPS) is 16.3. The first-order chi connectivity index (χ1) is 11.1. The zero-order valence-electron chi connectivity index (χ0n) is 14.0. The first-order valence-corrected chi connectivity index (χ1v) is 7.94. The molecule has 1 aromatic carbocycles. The van der Waals surface area contributed by atoms with Crippen molar-refractivity contribution in [3.63, 3.8) is 0 Å². The molecular formula is C19H23NO3. The van der Waals surface area contributed by atoms with Gasteiger partial charge in [-0.1, -0.05) is 37.8 Å². The number of nitrogens with zero attached hydrogens (tertiary/aromatic N) is 1. The summed E-state index contributed by atoms with van der Waals surface area (Å²) in [6.45, 7) is 4.91. The summed E-state index contributed by atoms with van der Waals surface area (Å²) in [5.41, 5.74) is 3.40. The van der Waals surface area contributed by atoms with E-state index < -0.39 is 0 Å². The standard InChI is InChI=1S/C19H23NO3/c1-14(2)18-11-17-15(7-4-5-10-19(22)23-3)8-6-9-16(17)12-20(18)13-21/h6,8-9,13-14,18H,5,10-12H2,1-3H3. The number of rotatable bonds is 4. The van der Waals surface area contributed by atoms with Crippen LogP contribution >= 0.6 is 0 Å². The molecule has 1 aliphatic heterocycles. The molecule has 23 heavy (non-hydrogen) atoms. The molecule has 0 fully saturated rings. The minimum atomic E-state index is -0.240. The van der Waals surface area contributed by atoms with Gasteiger partial charge in [-0.05, 0) is 29.5 Å². The maximum atomic E-state index is 11.3. The summed E-state index contributed by atoms with van der Waals surface area (Å²) in [4.78, 5) is 24.3. The Morgan fingerprint density at radius 2 is 2.26 bits per heavy atom. The second-order valence-electron chi connectivity index (χ2n) is 6.11. The summed E-state index contributed by atoms with van der Waals surface area (Å²) in [5, 5.41) is 0. The number of esters is 1. The molecule has 0 radical (unpaired) electrons. The highest BCUT2D eigenvalue weighted by Crippen LogP contribution is 2.28. The first kappa shape index (κ1) is 17.1. The van der Waals surface area contributed by atoms with E-state index in [4.69, 9.17) is 0 Å². The van der Waals surface area contributed by atoms with Crippen molar-refractivity contribution < 1.29 is 14.3 Å². The largest absolute Gasteiger partial charge is 0.469 e. The smallest absolute Gasteiger partial charge is 0.306 e. The maximum Gasteiger partial charge on any atom is 0.306 e. The van der Waals surface area contributed by atoms with Gasteiger partial charge in [0.1, 0.15) is 0 Å². The summed E-state index contributed by atoms with van der Waals surface area (Å²) in [7, 11) is 1.38. The number of fused-ring (bicyclic) bond motifs is 1. The highest BCUT2D eigenvalue weighted by molar-refractivity contribution is 5.69. The lowest BCUT2D eigenvalue weighted by molar-refractivity contribution is -0.140. The summed E-state index contributed by atoms with van der Waals surface area (Å²) >= 11 is 0. The van der Waals surface area contributed by atoms with E-state index in [9.17, 15) is 9.59 Å². The SMILES string of the molecule is COC(=O)CCC#Cc1cccc2c1CC(C(C)C)N(C=O)C2. The van der Waals surface area contributed by atoms with Crippen molar-refractivity contribution in [1.82, 2.24) is 4.90 Å². The molecule has 0 saturated heterocycles. The van der Waals surface area contributed by atoms with Gasteiger partial charge in [-0.2, -0.15) is 0 Å². The molecule has 1 unspecified atom stereocenters. The average molecular weight is 313 g/mol. The van der Waals surface area contributed by atoms with E-state index in [2.05, 4.69) is 36.5 Å². The fourth-order valence-electron chi connectivity index (χ4n) is 2.94. The fourth-order valence-corrected chi connectivity index (χ4v) is 2.94. The molecule has 4 nitrogen and oxygen atoms in total. The molecule has 122 valence electrons. The molecule has 1 amide bonds. The third kappa shape index (κ3) is 4.13. The van der Waals surface area contributed by atoms with Crippen LogP contribution in [0.15, 0.2) is 18.2 Å². The Morgan fingerprint density at radius 3 is 2.91 bits per heavy atom. The minimum absolute atomic E-state index is 0.206. The number of carbonyl (C=O) groups excluding carboxylic acids is 2. The van der Waals surface area contributed by atoms with Crippen molar-refractivity contribution >= 4 is 12.4 Å². The lowest BCUT2D eigenvalue weighted by Crippen LogP contribution is -2.42. The summed E-state index contributed by atoms with van der Waals surface area (Å²) in [6.07, 6.45) is 2.58. The molecule has 1 aromatic rings. The van der Waals surface area contributed by atoms with Gasteiger partial charge in [-0.15, -0.1) is 0 Å². The number of hydrogen-bond donors (Lipinski definition) is 0. The van der Waals surface area contributed by atoms with Crippen LogP contribution in [-0.2, 0) is 27.3 Å². The van der Waals surface area contributed by atoms with Crippen molar-refractivity contribution in [2.24, 2.45) is 5.92 Å². The van der Waals surface area contributed by atoms with Crippen molar-refractivity contribution in [2.75, 3.05) is 7.11 Å². The zero-order valence-corrected chi connectivity index (χ0v) is 14.0. The van der Waals surface area contributed by atoms with Gasteiger partial charge in [0.25, 0.3) is 0 Å². The van der Waals surface area contributed by atoms with E-state index in [1.807, 2.05) is 17.0 Å². The van der Waals surface area contributed by atoms with E-state index >= 15 is 0 Å². The van der Waals surface area contributed by atoms with Crippen LogP contribution in [0.2, 0.25) is 0 Å². The molecule has 0 N–H and O–H groups in total. The van der Waals surface area contributed by atoms with Gasteiger partial charge in [0.15, 0.2) is 0 Å². The molecular weight excluding hydrogens is 290 g/mol. The van der Waals surface area contributed by atoms with Gasteiger partial charge >= 0.3 is 5.97 Å². The lowest BCUT2D eigenvalue weighted by Gasteiger charge is -2.37. The van der Waals surface area contributed by atoms with E-state index in [0.29, 0.717) is 25.3 Å². The molecule has 0 spiro atoms. The quantitative estimate of drug-likeness (QED) is 0.487. The van der Waals surface area contributed by atoms with Gasteiger partial charge in [-0.3, -0.25) is 9.59 Å². The van der Waals surface area contributed by atoms with Crippen LogP contribution in [0.4, 0.5) is 0 Å². The number of benzene rings is 1. The number of hydrogen-bond acceptors (Lipinski definition) is 3. The van der Waals surface area contributed by atoms with Crippen molar-refractivity contribution in [1.29, 1.82) is 0 Å². The Kier molecular flexibility index (Phi) is 5.81. The monoisotopic (exact) mass is 313 g/mol. The van der Waals surface area contributed by atoms with E-state index in [-0.39, 0.29) is 12.0 Å². The van der Waals surface area contributed by atoms with Gasteiger partial charge in [0, 0.05) is 24.6 Å². The van der Waals surface area contributed by atoms with Gasteiger partial charge in [0.2, 0.25) is 6.41 Å². The molecule has 0 aromatic heterocycles. The Hall–Kier alpha value is -2.28. The van der Waals surface area contributed by atoms with Crippen molar-refractivity contribution in [2.45, 2.75) is 45.7 Å². The van der Waals surface area contributed by atoms with Crippen LogP contribution in [-0.4, -0.2) is 30.4 Å². The van der Waals surface area contributed by atoms with E-state index in [1.165, 1.54) is 12.7 Å². The highest BCUT2D eigenvalue weighted by atomic mass is 16.5. The van der Waals surface area contributed by atoms with E-state index in [0.717, 1.165) is 24.0 Å². The van der Waals surface area contributed by atoms with Crippen LogP contribution in [0.3, 0.4) is 0 Å². The average Bonchev–Trinajstić information content (AvgIpc) is 2.57. The number of amides is 1. The van der Waals surface area contributed by atoms with Crippen LogP contribution in [0.1, 0.15) is 43.4 Å². The number of methoxy groups -OCH3 is 1. The summed E-state index contributed by atoms with van der Waals surface area (Å²) in [6, 6.07) is 6.25. The molecule has 0 saturated carbocycles. The molecule has 0 bridgehead atoms. The first-order valence-electron chi connectivity index (χ1n) is 7.94. The third-order valence-electron chi connectivity index (χ3n) is 4.27. The Morgan fingerprint density at radius 1 is 1.48 bits per heavy atom. The fraction of sp³-hybridized carbons (Fsp3) is 0.474. The Labute approximate surface area is 137 Å². The van der Waals surface area contributed by atoms with Crippen LogP contribution in [0.5, 0.6) is 0 Å². The zero-order chi connectivity index (χ0) is 16.8. The lowest BCUT2D eigenvalue weighted by atomic mass is 9.86. The summed E-state index contributed by atoms with van der Waals surface area (Å²) in [5.74, 6) is 6.39. The number of carbonyl (C=O) groups is 2. The van der Waals surface area contributed by atoms with E-state index in [1.54, 1.807) is 0 Å². The predicted octanol–water partition coefficient (Wildman–Crippen LogP) is 2.53. The van der Waals surface area contributed by atoms with Crippen LogP contribution in [0, 0.1) is 17.8 Å². The predicted molar refractivity (Wildman–Crippen MR) is 88.5 cm³/mol. The second kappa shape index (κ2) is 7.82. The highest BCUT2D eigenvalue weighted by Gasteiger charge is 2.28. The van der Waals surface area contributed by atoms with Gasteiger partial charge < -0.3 is 9.64 Å². The Balaban J connectivity index is 2.20. The second-order valence-corrected chi connectivity index (χ2v) is 6.11.